The van der Waals surface area contributed by atoms with Crippen molar-refractivity contribution in [3.63, 3.8) is 0 Å². The lowest BCUT2D eigenvalue weighted by Gasteiger charge is -2.11. The van der Waals surface area contributed by atoms with Crippen molar-refractivity contribution in [2.24, 2.45) is 0 Å². The summed E-state index contributed by atoms with van der Waals surface area (Å²) in [4.78, 5) is 0. The second-order valence-corrected chi connectivity index (χ2v) is 5.17. The smallest absolute Gasteiger partial charge is 0.123 e. The van der Waals surface area contributed by atoms with Crippen LogP contribution in [0.2, 0.25) is 0 Å². The quantitative estimate of drug-likeness (QED) is 0.677. The van der Waals surface area contributed by atoms with Gasteiger partial charge in [0.2, 0.25) is 0 Å². The molecular weight excluding hydrogens is 248 g/mol. The van der Waals surface area contributed by atoms with Gasteiger partial charge in [0.25, 0.3) is 0 Å². The van der Waals surface area contributed by atoms with E-state index in [9.17, 15) is 10.2 Å². The van der Waals surface area contributed by atoms with E-state index in [0.29, 0.717) is 11.5 Å². The van der Waals surface area contributed by atoms with Crippen LogP contribution in [0, 0.1) is 13.8 Å². The van der Waals surface area contributed by atoms with Crippen LogP contribution < -0.4 is 0 Å². The van der Waals surface area contributed by atoms with Gasteiger partial charge in [-0.3, -0.25) is 0 Å². The van der Waals surface area contributed by atoms with E-state index in [0.717, 1.165) is 33.0 Å². The van der Waals surface area contributed by atoms with Gasteiger partial charge in [0.05, 0.1) is 0 Å². The highest BCUT2D eigenvalue weighted by Crippen LogP contribution is 2.33. The first-order valence-corrected chi connectivity index (χ1v) is 6.58. The van der Waals surface area contributed by atoms with Crippen molar-refractivity contribution < 1.29 is 10.2 Å². The minimum Gasteiger partial charge on any atom is -0.508 e. The molecule has 0 unspecified atom stereocenters. The number of hydrogen-bond acceptors (Lipinski definition) is 2. The molecule has 3 rings (SSSR count). The molecule has 0 aliphatic carbocycles. The second kappa shape index (κ2) is 4.57. The first kappa shape index (κ1) is 12.5. The summed E-state index contributed by atoms with van der Waals surface area (Å²) >= 11 is 0. The number of phenolic OH excluding ortho intramolecular Hbond substituents is 2. The van der Waals surface area contributed by atoms with E-state index >= 15 is 0 Å². The Kier molecular flexibility index (Phi) is 2.87. The average molecular weight is 264 g/mol. The number of aryl methyl sites for hydroxylation is 2. The van der Waals surface area contributed by atoms with Crippen LogP contribution in [0.25, 0.3) is 21.9 Å². The molecule has 0 fully saturated rings. The first-order valence-electron chi connectivity index (χ1n) is 6.58. The Morgan fingerprint density at radius 3 is 2.30 bits per heavy atom. The number of fused-ring (bicyclic) bond motifs is 1. The second-order valence-electron chi connectivity index (χ2n) is 5.17. The highest BCUT2D eigenvalue weighted by atomic mass is 16.3. The Labute approximate surface area is 117 Å². The molecule has 0 saturated heterocycles. The standard InChI is InChI=1S/C18H16O2/c1-11-9-16-13(4-3-5-18(16)20)10-15(11)14-6-7-17(19)12(2)8-14/h3-10,19-20H,1-2H3. The third-order valence-electron chi connectivity index (χ3n) is 3.71. The van der Waals surface area contributed by atoms with Crippen LogP contribution in [-0.2, 0) is 0 Å². The van der Waals surface area contributed by atoms with Crippen LogP contribution in [0.15, 0.2) is 48.5 Å². The van der Waals surface area contributed by atoms with Crippen molar-refractivity contribution in [1.82, 2.24) is 0 Å². The Balaban J connectivity index is 2.25. The zero-order chi connectivity index (χ0) is 14.3. The Bertz CT molecular complexity index is 804. The molecular formula is C18H16O2. The SMILES string of the molecule is Cc1cc(-c2cc3cccc(O)c3cc2C)ccc1O. The Morgan fingerprint density at radius 1 is 0.750 bits per heavy atom. The number of phenols is 2. The summed E-state index contributed by atoms with van der Waals surface area (Å²) in [6.07, 6.45) is 0. The fourth-order valence-electron chi connectivity index (χ4n) is 2.55. The van der Waals surface area contributed by atoms with Crippen LogP contribution >= 0.6 is 0 Å². The van der Waals surface area contributed by atoms with Crippen molar-refractivity contribution in [2.75, 3.05) is 0 Å². The van der Waals surface area contributed by atoms with Gasteiger partial charge in [-0.15, -0.1) is 0 Å². The highest BCUT2D eigenvalue weighted by Gasteiger charge is 2.08. The molecule has 0 atom stereocenters. The zero-order valence-electron chi connectivity index (χ0n) is 11.5. The minimum absolute atomic E-state index is 0.305. The molecule has 2 nitrogen and oxygen atoms in total. The molecule has 0 aliphatic rings. The number of aromatic hydroxyl groups is 2. The monoisotopic (exact) mass is 264 g/mol. The summed E-state index contributed by atoms with van der Waals surface area (Å²) in [5, 5.41) is 21.4. The normalized spacial score (nSPS) is 10.9. The van der Waals surface area contributed by atoms with Gasteiger partial charge in [-0.2, -0.15) is 0 Å². The van der Waals surface area contributed by atoms with Crippen molar-refractivity contribution in [3.05, 3.63) is 59.7 Å². The molecule has 0 bridgehead atoms. The fourth-order valence-corrected chi connectivity index (χ4v) is 2.55. The van der Waals surface area contributed by atoms with Crippen molar-refractivity contribution in [2.45, 2.75) is 13.8 Å². The maximum atomic E-state index is 9.90. The van der Waals surface area contributed by atoms with Crippen molar-refractivity contribution in [1.29, 1.82) is 0 Å². The maximum Gasteiger partial charge on any atom is 0.123 e. The Hall–Kier alpha value is -2.48. The molecule has 0 amide bonds. The molecule has 0 aliphatic heterocycles. The summed E-state index contributed by atoms with van der Waals surface area (Å²) in [5.41, 5.74) is 4.15. The van der Waals surface area contributed by atoms with E-state index in [1.807, 2.05) is 44.2 Å². The zero-order valence-corrected chi connectivity index (χ0v) is 11.5. The minimum atomic E-state index is 0.305. The van der Waals surface area contributed by atoms with E-state index in [4.69, 9.17) is 0 Å². The predicted molar refractivity (Wildman–Crippen MR) is 82.2 cm³/mol. The first-order chi connectivity index (χ1) is 9.56. The summed E-state index contributed by atoms with van der Waals surface area (Å²) in [6.45, 7) is 3.92. The molecule has 0 saturated carbocycles. The van der Waals surface area contributed by atoms with Gasteiger partial charge in [0, 0.05) is 5.39 Å². The number of rotatable bonds is 1. The van der Waals surface area contributed by atoms with Crippen molar-refractivity contribution >= 4 is 10.8 Å². The summed E-state index contributed by atoms with van der Waals surface area (Å²) in [5.74, 6) is 0.615. The summed E-state index contributed by atoms with van der Waals surface area (Å²) in [7, 11) is 0. The lowest BCUT2D eigenvalue weighted by molar-refractivity contribution is 0.471. The molecule has 2 N–H and O–H groups in total. The molecule has 0 spiro atoms. The third kappa shape index (κ3) is 1.99. The third-order valence-corrected chi connectivity index (χ3v) is 3.71. The molecule has 3 aromatic rings. The summed E-state index contributed by atoms with van der Waals surface area (Å²) < 4.78 is 0. The molecule has 0 aromatic heterocycles. The van der Waals surface area contributed by atoms with Crippen molar-refractivity contribution in [3.8, 4) is 22.6 Å². The van der Waals surface area contributed by atoms with Gasteiger partial charge in [0.15, 0.2) is 0 Å². The largest absolute Gasteiger partial charge is 0.508 e. The van der Waals surface area contributed by atoms with Gasteiger partial charge >= 0.3 is 0 Å². The molecule has 100 valence electrons. The van der Waals surface area contributed by atoms with Crippen LogP contribution in [0.5, 0.6) is 11.5 Å². The lowest BCUT2D eigenvalue weighted by atomic mass is 9.95. The highest BCUT2D eigenvalue weighted by molar-refractivity contribution is 5.93. The van der Waals surface area contributed by atoms with Gasteiger partial charge in [-0.1, -0.05) is 18.2 Å². The topological polar surface area (TPSA) is 40.5 Å². The van der Waals surface area contributed by atoms with Crippen LogP contribution in [0.4, 0.5) is 0 Å². The number of hydrogen-bond donors (Lipinski definition) is 2. The lowest BCUT2D eigenvalue weighted by Crippen LogP contribution is -1.86. The van der Waals surface area contributed by atoms with E-state index in [1.54, 1.807) is 12.1 Å². The fraction of sp³-hybridized carbons (Fsp3) is 0.111. The van der Waals surface area contributed by atoms with Gasteiger partial charge in [-0.25, -0.2) is 0 Å². The van der Waals surface area contributed by atoms with Crippen LogP contribution in [-0.4, -0.2) is 10.2 Å². The van der Waals surface area contributed by atoms with E-state index in [1.165, 1.54) is 0 Å². The van der Waals surface area contributed by atoms with E-state index < -0.39 is 0 Å². The Morgan fingerprint density at radius 2 is 1.55 bits per heavy atom. The molecule has 20 heavy (non-hydrogen) atoms. The molecule has 3 aromatic carbocycles. The van der Waals surface area contributed by atoms with E-state index in [-0.39, 0.29) is 0 Å². The van der Waals surface area contributed by atoms with E-state index in [2.05, 4.69) is 6.07 Å². The maximum absolute atomic E-state index is 9.90. The van der Waals surface area contributed by atoms with Gasteiger partial charge < -0.3 is 10.2 Å². The molecule has 2 heteroatoms. The van der Waals surface area contributed by atoms with Gasteiger partial charge in [0.1, 0.15) is 11.5 Å². The van der Waals surface area contributed by atoms with Gasteiger partial charge in [-0.05, 0) is 71.8 Å². The van der Waals surface area contributed by atoms with Crippen LogP contribution in [0.3, 0.4) is 0 Å². The predicted octanol–water partition coefficient (Wildman–Crippen LogP) is 4.53. The summed E-state index contributed by atoms with van der Waals surface area (Å²) in [6, 6.07) is 15.2. The molecule has 0 radical (unpaired) electrons. The van der Waals surface area contributed by atoms with Crippen LogP contribution in [0.1, 0.15) is 11.1 Å². The average Bonchev–Trinajstić information content (AvgIpc) is 2.42. The number of benzene rings is 3. The molecule has 0 heterocycles.